The predicted molar refractivity (Wildman–Crippen MR) is 114 cm³/mol. The number of hydrogen-bond acceptors (Lipinski definition) is 6. The van der Waals surface area contributed by atoms with E-state index in [4.69, 9.17) is 14.2 Å². The number of ketones is 1. The fourth-order valence-corrected chi connectivity index (χ4v) is 4.22. The third-order valence-corrected chi connectivity index (χ3v) is 5.81. The molecule has 0 aliphatic carbocycles. The number of aliphatic hydroxyl groups excluding tert-OH is 1. The maximum atomic E-state index is 13.4. The number of likely N-dealkylation sites (tertiary alicyclic amines) is 1. The minimum Gasteiger partial charge on any atom is -0.507 e. The van der Waals surface area contributed by atoms with Gasteiger partial charge in [-0.25, -0.2) is 4.39 Å². The standard InChI is InChI=1S/C24H24FNO6/c1-30-16-9-10-19(31-2)18(12-16)21-20(22(27)14-5-7-15(25)8-6-14)23(28)24(29)26(21)13-17-4-3-11-32-17/h5-10,12,17,21,27H,3-4,11,13H2,1-2H3/b22-20+. The molecule has 8 heteroatoms. The van der Waals surface area contributed by atoms with E-state index >= 15 is 0 Å². The molecule has 168 valence electrons. The number of nitrogens with zero attached hydrogens (tertiary/aromatic N) is 1. The number of benzene rings is 2. The van der Waals surface area contributed by atoms with Crippen LogP contribution in [0.15, 0.2) is 48.0 Å². The number of Topliss-reactive ketones (excluding diaryl/α,β-unsaturated/α-hetero) is 1. The van der Waals surface area contributed by atoms with Gasteiger partial charge in [-0.2, -0.15) is 0 Å². The number of halogens is 1. The van der Waals surface area contributed by atoms with Gasteiger partial charge in [0.2, 0.25) is 0 Å². The van der Waals surface area contributed by atoms with E-state index in [0.717, 1.165) is 12.8 Å². The molecule has 0 aromatic heterocycles. The Bertz CT molecular complexity index is 1060. The van der Waals surface area contributed by atoms with Crippen LogP contribution >= 0.6 is 0 Å². The van der Waals surface area contributed by atoms with Crippen LogP contribution in [-0.4, -0.2) is 55.2 Å². The number of aliphatic hydroxyl groups is 1. The summed E-state index contributed by atoms with van der Waals surface area (Å²) in [5.74, 6) is -1.48. The molecule has 32 heavy (non-hydrogen) atoms. The Hall–Kier alpha value is -3.39. The van der Waals surface area contributed by atoms with Crippen molar-refractivity contribution in [3.63, 3.8) is 0 Å². The van der Waals surface area contributed by atoms with Crippen molar-refractivity contribution in [3.05, 3.63) is 65.0 Å². The first-order valence-corrected chi connectivity index (χ1v) is 10.3. The molecule has 2 fully saturated rings. The molecule has 4 rings (SSSR count). The van der Waals surface area contributed by atoms with Crippen molar-refractivity contribution in [3.8, 4) is 11.5 Å². The minimum absolute atomic E-state index is 0.0915. The van der Waals surface area contributed by atoms with E-state index in [1.165, 1.54) is 43.4 Å². The summed E-state index contributed by atoms with van der Waals surface area (Å²) in [5, 5.41) is 11.1. The van der Waals surface area contributed by atoms with E-state index in [1.54, 1.807) is 18.2 Å². The lowest BCUT2D eigenvalue weighted by molar-refractivity contribution is -0.140. The second-order valence-electron chi connectivity index (χ2n) is 7.70. The van der Waals surface area contributed by atoms with Crippen molar-refractivity contribution < 1.29 is 33.3 Å². The number of ether oxygens (including phenoxy) is 3. The second-order valence-corrected chi connectivity index (χ2v) is 7.70. The number of carbonyl (C=O) groups excluding carboxylic acids is 2. The van der Waals surface area contributed by atoms with Gasteiger partial charge in [0.05, 0.1) is 31.9 Å². The predicted octanol–water partition coefficient (Wildman–Crippen LogP) is 3.44. The fourth-order valence-electron chi connectivity index (χ4n) is 4.22. The molecule has 0 radical (unpaired) electrons. The van der Waals surface area contributed by atoms with Gasteiger partial charge in [-0.15, -0.1) is 0 Å². The number of hydrogen-bond donors (Lipinski definition) is 1. The average Bonchev–Trinajstić information content (AvgIpc) is 3.41. The van der Waals surface area contributed by atoms with E-state index < -0.39 is 23.5 Å². The molecule has 2 aromatic rings. The Kier molecular flexibility index (Phi) is 6.14. The molecule has 0 bridgehead atoms. The highest BCUT2D eigenvalue weighted by Crippen LogP contribution is 2.44. The molecule has 7 nitrogen and oxygen atoms in total. The van der Waals surface area contributed by atoms with Gasteiger partial charge < -0.3 is 24.2 Å². The maximum Gasteiger partial charge on any atom is 0.295 e. The van der Waals surface area contributed by atoms with E-state index in [9.17, 15) is 19.1 Å². The molecule has 1 amide bonds. The van der Waals surface area contributed by atoms with Crippen LogP contribution in [0.2, 0.25) is 0 Å². The van der Waals surface area contributed by atoms with E-state index in [-0.39, 0.29) is 29.5 Å². The van der Waals surface area contributed by atoms with Gasteiger partial charge in [0.1, 0.15) is 23.1 Å². The minimum atomic E-state index is -0.922. The largest absolute Gasteiger partial charge is 0.507 e. The van der Waals surface area contributed by atoms with Gasteiger partial charge in [-0.05, 0) is 55.3 Å². The highest BCUT2D eigenvalue weighted by Gasteiger charge is 2.48. The Morgan fingerprint density at radius 1 is 1.16 bits per heavy atom. The summed E-state index contributed by atoms with van der Waals surface area (Å²) in [7, 11) is 2.99. The lowest BCUT2D eigenvalue weighted by atomic mass is 9.94. The van der Waals surface area contributed by atoms with Crippen LogP contribution in [0.3, 0.4) is 0 Å². The van der Waals surface area contributed by atoms with Crippen molar-refractivity contribution in [1.29, 1.82) is 0 Å². The molecular weight excluding hydrogens is 417 g/mol. The molecule has 2 aliphatic rings. The molecule has 2 unspecified atom stereocenters. The first kappa shape index (κ1) is 21.8. The normalized spacial score (nSPS) is 22.4. The first-order valence-electron chi connectivity index (χ1n) is 10.3. The van der Waals surface area contributed by atoms with Gasteiger partial charge >= 0.3 is 0 Å². The van der Waals surface area contributed by atoms with Crippen molar-refractivity contribution in [2.24, 2.45) is 0 Å². The van der Waals surface area contributed by atoms with Gasteiger partial charge in [-0.3, -0.25) is 9.59 Å². The molecule has 0 spiro atoms. The van der Waals surface area contributed by atoms with Crippen LogP contribution in [0.4, 0.5) is 4.39 Å². The lowest BCUT2D eigenvalue weighted by Gasteiger charge is -2.28. The van der Waals surface area contributed by atoms with Crippen LogP contribution in [0.5, 0.6) is 11.5 Å². The van der Waals surface area contributed by atoms with E-state index in [1.807, 2.05) is 0 Å². The van der Waals surface area contributed by atoms with Crippen molar-refractivity contribution in [2.75, 3.05) is 27.4 Å². The maximum absolute atomic E-state index is 13.4. The number of amides is 1. The van der Waals surface area contributed by atoms with Crippen LogP contribution in [-0.2, 0) is 14.3 Å². The van der Waals surface area contributed by atoms with Crippen molar-refractivity contribution in [1.82, 2.24) is 4.90 Å². The molecule has 2 saturated heterocycles. The molecule has 2 aliphatic heterocycles. The topological polar surface area (TPSA) is 85.3 Å². The third-order valence-electron chi connectivity index (χ3n) is 5.81. The summed E-state index contributed by atoms with van der Waals surface area (Å²) in [5.41, 5.74) is 0.632. The monoisotopic (exact) mass is 441 g/mol. The Morgan fingerprint density at radius 3 is 2.53 bits per heavy atom. The SMILES string of the molecule is COc1ccc(OC)c(C2/C(=C(\O)c3ccc(F)cc3)C(=O)C(=O)N2CC2CCCO2)c1. The zero-order chi connectivity index (χ0) is 22.8. The van der Waals surface area contributed by atoms with E-state index in [2.05, 4.69) is 0 Å². The van der Waals surface area contributed by atoms with Crippen LogP contribution in [0, 0.1) is 5.82 Å². The second kappa shape index (κ2) is 9.00. The van der Waals surface area contributed by atoms with Gasteiger partial charge in [0, 0.05) is 24.3 Å². The lowest BCUT2D eigenvalue weighted by Crippen LogP contribution is -2.36. The Morgan fingerprint density at radius 2 is 1.91 bits per heavy atom. The molecule has 1 N–H and O–H groups in total. The van der Waals surface area contributed by atoms with Gasteiger partial charge in [0.25, 0.3) is 11.7 Å². The molecule has 2 aromatic carbocycles. The molecule has 2 heterocycles. The van der Waals surface area contributed by atoms with Crippen LogP contribution < -0.4 is 9.47 Å². The Labute approximate surface area is 185 Å². The summed E-state index contributed by atoms with van der Waals surface area (Å²) in [6.45, 7) is 0.785. The first-order chi connectivity index (χ1) is 15.4. The van der Waals surface area contributed by atoms with Crippen molar-refractivity contribution >= 4 is 17.4 Å². The third kappa shape index (κ3) is 3.93. The highest BCUT2D eigenvalue weighted by atomic mass is 19.1. The number of rotatable bonds is 6. The number of carbonyl (C=O) groups is 2. The van der Waals surface area contributed by atoms with Crippen LogP contribution in [0.25, 0.3) is 5.76 Å². The van der Waals surface area contributed by atoms with E-state index in [0.29, 0.717) is 23.7 Å². The zero-order valence-electron chi connectivity index (χ0n) is 17.8. The summed E-state index contributed by atoms with van der Waals surface area (Å²) < 4.78 is 30.0. The quantitative estimate of drug-likeness (QED) is 0.420. The summed E-state index contributed by atoms with van der Waals surface area (Å²) >= 11 is 0. The highest BCUT2D eigenvalue weighted by molar-refractivity contribution is 6.46. The summed E-state index contributed by atoms with van der Waals surface area (Å²) in [6, 6.07) is 9.21. The van der Waals surface area contributed by atoms with Crippen LogP contribution in [0.1, 0.15) is 30.0 Å². The fraction of sp³-hybridized carbons (Fsp3) is 0.333. The molecule has 2 atom stereocenters. The molecule has 0 saturated carbocycles. The van der Waals surface area contributed by atoms with Gasteiger partial charge in [0.15, 0.2) is 0 Å². The Balaban J connectivity index is 1.89. The molecular formula is C24H24FNO6. The summed E-state index contributed by atoms with van der Waals surface area (Å²) in [6.07, 6.45) is 1.43. The summed E-state index contributed by atoms with van der Waals surface area (Å²) in [4.78, 5) is 27.6. The number of methoxy groups -OCH3 is 2. The van der Waals surface area contributed by atoms with Gasteiger partial charge in [-0.1, -0.05) is 0 Å². The van der Waals surface area contributed by atoms with Crippen molar-refractivity contribution in [2.45, 2.75) is 25.0 Å². The zero-order valence-corrected chi connectivity index (χ0v) is 17.8. The smallest absolute Gasteiger partial charge is 0.295 e. The average molecular weight is 441 g/mol.